The number of hydrogen-bond acceptors (Lipinski definition) is 4. The van der Waals surface area contributed by atoms with Crippen LogP contribution in [0.1, 0.15) is 17.6 Å². The van der Waals surface area contributed by atoms with E-state index >= 15 is 0 Å². The Morgan fingerprint density at radius 1 is 1.58 bits per heavy atom. The largest absolute Gasteiger partial charge is 0.334 e. The first kappa shape index (κ1) is 13.5. The lowest BCUT2D eigenvalue weighted by Crippen LogP contribution is -2.42. The van der Waals surface area contributed by atoms with Crippen molar-refractivity contribution in [3.05, 3.63) is 34.5 Å². The molecular weight excluding hydrogens is 262 g/mol. The Hall–Kier alpha value is -1.89. The zero-order chi connectivity index (χ0) is 13.7. The average Bonchev–Trinajstić information content (AvgIpc) is 2.98. The number of amides is 2. The Morgan fingerprint density at radius 2 is 2.42 bits per heavy atom. The van der Waals surface area contributed by atoms with Gasteiger partial charge in [-0.2, -0.15) is 5.10 Å². The first-order valence-electron chi connectivity index (χ1n) is 6.06. The third kappa shape index (κ3) is 4.36. The van der Waals surface area contributed by atoms with Crippen LogP contribution in [0.4, 0.5) is 4.79 Å². The number of rotatable bonds is 5. The number of aromatic nitrogens is 3. The number of carbonyl (C=O) groups is 1. The number of nitrogens with one attached hydrogen (secondary N) is 2. The Labute approximate surface area is 115 Å². The minimum absolute atomic E-state index is 0.0112. The van der Waals surface area contributed by atoms with E-state index in [-0.39, 0.29) is 12.1 Å². The van der Waals surface area contributed by atoms with Crippen LogP contribution >= 0.6 is 11.3 Å². The van der Waals surface area contributed by atoms with Crippen LogP contribution in [0.5, 0.6) is 0 Å². The molecule has 2 aromatic rings. The fraction of sp³-hybridized carbons (Fsp3) is 0.417. The van der Waals surface area contributed by atoms with E-state index in [0.29, 0.717) is 13.1 Å². The molecule has 0 fully saturated rings. The topological polar surface area (TPSA) is 71.8 Å². The van der Waals surface area contributed by atoms with Crippen LogP contribution in [0.2, 0.25) is 0 Å². The third-order valence-corrected chi connectivity index (χ3v) is 3.32. The molecule has 102 valence electrons. The van der Waals surface area contributed by atoms with E-state index in [4.69, 9.17) is 0 Å². The molecule has 0 aromatic carbocycles. The third-order valence-electron chi connectivity index (χ3n) is 2.49. The maximum Gasteiger partial charge on any atom is 0.315 e. The predicted molar refractivity (Wildman–Crippen MR) is 73.9 cm³/mol. The minimum atomic E-state index is -0.190. The molecular formula is C12H17N5OS. The van der Waals surface area contributed by atoms with Gasteiger partial charge in [-0.3, -0.25) is 4.68 Å². The molecule has 2 N–H and O–H groups in total. The summed E-state index contributed by atoms with van der Waals surface area (Å²) in [5.74, 6) is 0. The van der Waals surface area contributed by atoms with Crippen molar-refractivity contribution < 1.29 is 4.79 Å². The molecule has 0 bridgehead atoms. The van der Waals surface area contributed by atoms with Crippen LogP contribution < -0.4 is 10.6 Å². The van der Waals surface area contributed by atoms with Crippen molar-refractivity contribution in [2.75, 3.05) is 0 Å². The summed E-state index contributed by atoms with van der Waals surface area (Å²) in [5.41, 5.74) is 0.886. The molecule has 2 rings (SSSR count). The lowest BCUT2D eigenvalue weighted by Gasteiger charge is -2.14. The fourth-order valence-corrected chi connectivity index (χ4v) is 2.28. The van der Waals surface area contributed by atoms with Crippen molar-refractivity contribution in [3.63, 3.8) is 0 Å². The molecule has 0 saturated carbocycles. The summed E-state index contributed by atoms with van der Waals surface area (Å²) >= 11 is 1.58. The summed E-state index contributed by atoms with van der Waals surface area (Å²) < 4.78 is 1.79. The molecule has 7 heteroatoms. The molecule has 2 amide bonds. The molecule has 0 aliphatic carbocycles. The normalized spacial score (nSPS) is 12.1. The molecule has 0 aliphatic rings. The zero-order valence-electron chi connectivity index (χ0n) is 11.0. The van der Waals surface area contributed by atoms with E-state index < -0.39 is 0 Å². The molecule has 19 heavy (non-hydrogen) atoms. The maximum atomic E-state index is 11.7. The standard InChI is InChI=1S/C12H17N5OS/c1-9(7-17-5-3-4-14-17)15-12(18)13-6-11-8-19-10(2)16-11/h3-5,8-9H,6-7H2,1-2H3,(H2,13,15,18). The summed E-state index contributed by atoms with van der Waals surface area (Å²) in [6.45, 7) is 4.98. The van der Waals surface area contributed by atoms with E-state index in [2.05, 4.69) is 20.7 Å². The van der Waals surface area contributed by atoms with Crippen LogP contribution in [-0.4, -0.2) is 26.8 Å². The monoisotopic (exact) mass is 279 g/mol. The molecule has 1 atom stereocenters. The van der Waals surface area contributed by atoms with Gasteiger partial charge in [0.05, 0.1) is 23.8 Å². The van der Waals surface area contributed by atoms with E-state index in [9.17, 15) is 4.79 Å². The number of nitrogens with zero attached hydrogens (tertiary/aromatic N) is 3. The molecule has 1 unspecified atom stereocenters. The highest BCUT2D eigenvalue weighted by Gasteiger charge is 2.08. The van der Waals surface area contributed by atoms with Crippen LogP contribution in [-0.2, 0) is 13.1 Å². The van der Waals surface area contributed by atoms with E-state index in [0.717, 1.165) is 10.7 Å². The second-order valence-corrected chi connectivity index (χ2v) is 5.38. The number of urea groups is 1. The van der Waals surface area contributed by atoms with Gasteiger partial charge in [0.15, 0.2) is 0 Å². The molecule has 0 saturated heterocycles. The van der Waals surface area contributed by atoms with Crippen LogP contribution in [0.25, 0.3) is 0 Å². The van der Waals surface area contributed by atoms with Crippen molar-refractivity contribution >= 4 is 17.4 Å². The first-order chi connectivity index (χ1) is 9.13. The maximum absolute atomic E-state index is 11.7. The second kappa shape index (κ2) is 6.33. The molecule has 0 radical (unpaired) electrons. The highest BCUT2D eigenvalue weighted by atomic mass is 32.1. The second-order valence-electron chi connectivity index (χ2n) is 4.31. The van der Waals surface area contributed by atoms with Gasteiger partial charge in [0.25, 0.3) is 0 Å². The predicted octanol–water partition coefficient (Wildman–Crippen LogP) is 1.54. The smallest absolute Gasteiger partial charge is 0.315 e. The Kier molecular flexibility index (Phi) is 4.51. The van der Waals surface area contributed by atoms with Gasteiger partial charge in [-0.15, -0.1) is 11.3 Å². The molecule has 2 heterocycles. The van der Waals surface area contributed by atoms with Crippen LogP contribution in [0.3, 0.4) is 0 Å². The highest BCUT2D eigenvalue weighted by Crippen LogP contribution is 2.07. The van der Waals surface area contributed by atoms with Crippen molar-refractivity contribution in [2.45, 2.75) is 33.0 Å². The number of thiazole rings is 1. The number of hydrogen-bond donors (Lipinski definition) is 2. The van der Waals surface area contributed by atoms with E-state index in [1.54, 1.807) is 22.2 Å². The summed E-state index contributed by atoms with van der Waals surface area (Å²) in [5, 5.41) is 12.7. The summed E-state index contributed by atoms with van der Waals surface area (Å²) in [4.78, 5) is 16.0. The van der Waals surface area contributed by atoms with Gasteiger partial charge in [0.2, 0.25) is 0 Å². The van der Waals surface area contributed by atoms with Gasteiger partial charge in [0.1, 0.15) is 0 Å². The van der Waals surface area contributed by atoms with Gasteiger partial charge in [0, 0.05) is 23.8 Å². The molecule has 0 spiro atoms. The SMILES string of the molecule is Cc1nc(CNC(=O)NC(C)Cn2cccn2)cs1. The van der Waals surface area contributed by atoms with E-state index in [1.807, 2.05) is 31.5 Å². The minimum Gasteiger partial charge on any atom is -0.334 e. The Bertz CT molecular complexity index is 522. The Morgan fingerprint density at radius 3 is 3.05 bits per heavy atom. The van der Waals surface area contributed by atoms with Crippen LogP contribution in [0.15, 0.2) is 23.8 Å². The van der Waals surface area contributed by atoms with E-state index in [1.165, 1.54) is 0 Å². The summed E-state index contributed by atoms with van der Waals surface area (Å²) in [7, 11) is 0. The fourth-order valence-electron chi connectivity index (χ4n) is 1.67. The summed E-state index contributed by atoms with van der Waals surface area (Å²) in [6, 6.07) is 1.68. The van der Waals surface area contributed by atoms with Crippen molar-refractivity contribution in [3.8, 4) is 0 Å². The van der Waals surface area contributed by atoms with Crippen molar-refractivity contribution in [2.24, 2.45) is 0 Å². The van der Waals surface area contributed by atoms with Gasteiger partial charge in [-0.05, 0) is 19.9 Å². The van der Waals surface area contributed by atoms with Gasteiger partial charge >= 0.3 is 6.03 Å². The lowest BCUT2D eigenvalue weighted by molar-refractivity contribution is 0.235. The Balaban J connectivity index is 1.71. The van der Waals surface area contributed by atoms with Crippen LogP contribution in [0, 0.1) is 6.92 Å². The van der Waals surface area contributed by atoms with Gasteiger partial charge in [-0.1, -0.05) is 0 Å². The summed E-state index contributed by atoms with van der Waals surface area (Å²) in [6.07, 6.45) is 3.59. The zero-order valence-corrected chi connectivity index (χ0v) is 11.8. The number of aryl methyl sites for hydroxylation is 1. The molecule has 2 aromatic heterocycles. The lowest BCUT2D eigenvalue weighted by atomic mass is 10.3. The molecule has 6 nitrogen and oxygen atoms in total. The number of carbonyl (C=O) groups excluding carboxylic acids is 1. The van der Waals surface area contributed by atoms with Gasteiger partial charge < -0.3 is 10.6 Å². The van der Waals surface area contributed by atoms with Gasteiger partial charge in [-0.25, -0.2) is 9.78 Å². The average molecular weight is 279 g/mol. The molecule has 0 aliphatic heterocycles. The highest BCUT2D eigenvalue weighted by molar-refractivity contribution is 7.09. The first-order valence-corrected chi connectivity index (χ1v) is 6.94. The van der Waals surface area contributed by atoms with Crippen molar-refractivity contribution in [1.82, 2.24) is 25.4 Å². The van der Waals surface area contributed by atoms with Crippen molar-refractivity contribution in [1.29, 1.82) is 0 Å². The quantitative estimate of drug-likeness (QED) is 0.872.